The molecule has 0 saturated carbocycles. The maximum atomic E-state index is 12.0. The Bertz CT molecular complexity index is 278. The fourth-order valence-electron chi connectivity index (χ4n) is 1.62. The first-order valence-electron chi connectivity index (χ1n) is 5.94. The molecule has 1 fully saturated rings. The smallest absolute Gasteiger partial charge is 0.244 e. The zero-order chi connectivity index (χ0) is 12.8. The molecule has 1 saturated heterocycles. The summed E-state index contributed by atoms with van der Waals surface area (Å²) in [6.45, 7) is 8.39. The van der Waals surface area contributed by atoms with Gasteiger partial charge in [0.05, 0.1) is 13.2 Å². The summed E-state index contributed by atoms with van der Waals surface area (Å²) in [5.41, 5.74) is 0. The van der Waals surface area contributed by atoms with Gasteiger partial charge in [-0.3, -0.25) is 4.79 Å². The number of amides is 1. The van der Waals surface area contributed by atoms with E-state index in [-0.39, 0.29) is 18.0 Å². The van der Waals surface area contributed by atoms with Crippen molar-refractivity contribution in [2.45, 2.75) is 32.9 Å². The Kier molecular flexibility index (Phi) is 5.64. The fraction of sp³-hybridized carbons (Fsp3) is 0.818. The van der Waals surface area contributed by atoms with E-state index < -0.39 is 0 Å². The summed E-state index contributed by atoms with van der Waals surface area (Å²) in [7, 11) is 0. The Hall–Kier alpha value is -0.880. The number of rotatable bonds is 3. The summed E-state index contributed by atoms with van der Waals surface area (Å²) in [6.07, 6.45) is 0. The Morgan fingerprint density at radius 1 is 1.24 bits per heavy atom. The van der Waals surface area contributed by atoms with E-state index in [0.29, 0.717) is 31.4 Å². The zero-order valence-electron chi connectivity index (χ0n) is 10.7. The number of ether oxygens (including phenoxy) is 1. The second-order valence-corrected chi connectivity index (χ2v) is 4.84. The van der Waals surface area contributed by atoms with Crippen molar-refractivity contribution < 1.29 is 9.53 Å². The second kappa shape index (κ2) is 6.76. The Balaban J connectivity index is 2.37. The number of thiocarbonyl (C=S) groups is 1. The molecule has 1 heterocycles. The van der Waals surface area contributed by atoms with E-state index in [1.165, 1.54) is 0 Å². The molecule has 98 valence electrons. The van der Waals surface area contributed by atoms with Crippen LogP contribution < -0.4 is 10.6 Å². The number of nitrogens with one attached hydrogen (secondary N) is 2. The van der Waals surface area contributed by atoms with Crippen molar-refractivity contribution in [3.8, 4) is 0 Å². The van der Waals surface area contributed by atoms with Crippen molar-refractivity contribution >= 4 is 23.2 Å². The highest BCUT2D eigenvalue weighted by Crippen LogP contribution is 2.00. The average molecular weight is 259 g/mol. The number of hydrogen-bond donors (Lipinski definition) is 2. The van der Waals surface area contributed by atoms with E-state index in [2.05, 4.69) is 10.6 Å². The molecule has 0 aromatic rings. The summed E-state index contributed by atoms with van der Waals surface area (Å²) >= 11 is 5.11. The molecular weight excluding hydrogens is 238 g/mol. The minimum absolute atomic E-state index is 0.0706. The predicted octanol–water partition coefficient (Wildman–Crippen LogP) is 0.106. The summed E-state index contributed by atoms with van der Waals surface area (Å²) in [6, 6.07) is -0.0347. The van der Waals surface area contributed by atoms with Crippen molar-refractivity contribution in [2.24, 2.45) is 0 Å². The van der Waals surface area contributed by atoms with E-state index in [9.17, 15) is 4.79 Å². The lowest BCUT2D eigenvalue weighted by atomic mass is 10.2. The Morgan fingerprint density at radius 2 is 1.82 bits per heavy atom. The van der Waals surface area contributed by atoms with Crippen LogP contribution in [0.15, 0.2) is 0 Å². The third-order valence-corrected chi connectivity index (χ3v) is 2.70. The van der Waals surface area contributed by atoms with Gasteiger partial charge in [-0.2, -0.15) is 0 Å². The molecule has 1 atom stereocenters. The second-order valence-electron chi connectivity index (χ2n) is 4.43. The first-order chi connectivity index (χ1) is 8.00. The van der Waals surface area contributed by atoms with Gasteiger partial charge in [0.25, 0.3) is 0 Å². The maximum absolute atomic E-state index is 12.0. The van der Waals surface area contributed by atoms with Crippen LogP contribution in [0.25, 0.3) is 0 Å². The van der Waals surface area contributed by atoms with Crippen LogP contribution in [0.4, 0.5) is 0 Å². The van der Waals surface area contributed by atoms with Crippen LogP contribution in [0.3, 0.4) is 0 Å². The van der Waals surface area contributed by atoms with Gasteiger partial charge < -0.3 is 20.3 Å². The van der Waals surface area contributed by atoms with Crippen molar-refractivity contribution in [3.63, 3.8) is 0 Å². The molecule has 0 spiro atoms. The Morgan fingerprint density at radius 3 is 2.35 bits per heavy atom. The molecule has 17 heavy (non-hydrogen) atoms. The number of carbonyl (C=O) groups excluding carboxylic acids is 1. The van der Waals surface area contributed by atoms with Gasteiger partial charge in [0, 0.05) is 19.1 Å². The molecule has 2 N–H and O–H groups in total. The average Bonchev–Trinajstić information content (AvgIpc) is 2.28. The molecular formula is C11H21N3O2S. The first kappa shape index (κ1) is 14.2. The van der Waals surface area contributed by atoms with Crippen molar-refractivity contribution in [1.82, 2.24) is 15.5 Å². The van der Waals surface area contributed by atoms with Gasteiger partial charge in [-0.1, -0.05) is 0 Å². The molecule has 0 radical (unpaired) electrons. The molecule has 0 aromatic carbocycles. The summed E-state index contributed by atoms with van der Waals surface area (Å²) in [5.74, 6) is 0.0706. The van der Waals surface area contributed by atoms with Crippen LogP contribution in [-0.4, -0.2) is 54.3 Å². The maximum Gasteiger partial charge on any atom is 0.244 e. The quantitative estimate of drug-likeness (QED) is 0.705. The van der Waals surface area contributed by atoms with Crippen LogP contribution in [0.5, 0.6) is 0 Å². The van der Waals surface area contributed by atoms with Crippen molar-refractivity contribution in [1.29, 1.82) is 0 Å². The molecule has 0 aromatic heterocycles. The van der Waals surface area contributed by atoms with E-state index in [1.54, 1.807) is 4.90 Å². The zero-order valence-corrected chi connectivity index (χ0v) is 11.5. The van der Waals surface area contributed by atoms with E-state index >= 15 is 0 Å². The van der Waals surface area contributed by atoms with Crippen LogP contribution in [0.1, 0.15) is 20.8 Å². The number of hydrogen-bond acceptors (Lipinski definition) is 3. The number of nitrogens with zero attached hydrogens (tertiary/aromatic N) is 1. The predicted molar refractivity (Wildman–Crippen MR) is 70.9 cm³/mol. The molecule has 1 aliphatic rings. The van der Waals surface area contributed by atoms with Gasteiger partial charge in [0.1, 0.15) is 6.04 Å². The summed E-state index contributed by atoms with van der Waals surface area (Å²) in [4.78, 5) is 13.8. The molecule has 5 nitrogen and oxygen atoms in total. The molecule has 0 aliphatic carbocycles. The SMILES string of the molecule is CC(C)NC(=S)NC(C)C(=O)N1CCOCC1. The van der Waals surface area contributed by atoms with Gasteiger partial charge in [-0.05, 0) is 33.0 Å². The highest BCUT2D eigenvalue weighted by Gasteiger charge is 2.22. The third kappa shape index (κ3) is 4.87. The van der Waals surface area contributed by atoms with Gasteiger partial charge in [0.15, 0.2) is 5.11 Å². The standard InChI is InChI=1S/C11H21N3O2S/c1-8(2)12-11(17)13-9(3)10(15)14-4-6-16-7-5-14/h8-9H,4-7H2,1-3H3,(H2,12,13,17). The number of morpholine rings is 1. The highest BCUT2D eigenvalue weighted by molar-refractivity contribution is 7.80. The summed E-state index contributed by atoms with van der Waals surface area (Å²) in [5, 5.41) is 6.58. The Labute approximate surface area is 108 Å². The molecule has 6 heteroatoms. The summed E-state index contributed by atoms with van der Waals surface area (Å²) < 4.78 is 5.21. The molecule has 1 amide bonds. The van der Waals surface area contributed by atoms with Gasteiger partial charge in [-0.15, -0.1) is 0 Å². The van der Waals surface area contributed by atoms with Crippen molar-refractivity contribution in [2.75, 3.05) is 26.3 Å². The van der Waals surface area contributed by atoms with Crippen LogP contribution >= 0.6 is 12.2 Å². The van der Waals surface area contributed by atoms with Crippen LogP contribution in [0.2, 0.25) is 0 Å². The topological polar surface area (TPSA) is 53.6 Å². The normalized spacial score (nSPS) is 17.8. The lowest BCUT2D eigenvalue weighted by Gasteiger charge is -2.30. The minimum atomic E-state index is -0.299. The first-order valence-corrected chi connectivity index (χ1v) is 6.35. The van der Waals surface area contributed by atoms with E-state index in [4.69, 9.17) is 17.0 Å². The van der Waals surface area contributed by atoms with Gasteiger partial charge in [-0.25, -0.2) is 0 Å². The van der Waals surface area contributed by atoms with Gasteiger partial charge >= 0.3 is 0 Å². The fourth-order valence-corrected chi connectivity index (χ4v) is 2.03. The minimum Gasteiger partial charge on any atom is -0.378 e. The lowest BCUT2D eigenvalue weighted by molar-refractivity contribution is -0.136. The highest BCUT2D eigenvalue weighted by atomic mass is 32.1. The monoisotopic (exact) mass is 259 g/mol. The largest absolute Gasteiger partial charge is 0.378 e. The molecule has 1 rings (SSSR count). The van der Waals surface area contributed by atoms with Crippen LogP contribution in [-0.2, 0) is 9.53 Å². The van der Waals surface area contributed by atoms with Crippen LogP contribution in [0, 0.1) is 0 Å². The number of carbonyl (C=O) groups is 1. The van der Waals surface area contributed by atoms with E-state index in [1.807, 2.05) is 20.8 Å². The van der Waals surface area contributed by atoms with Gasteiger partial charge in [0.2, 0.25) is 5.91 Å². The molecule has 0 bridgehead atoms. The molecule has 1 unspecified atom stereocenters. The lowest BCUT2D eigenvalue weighted by Crippen LogP contribution is -2.53. The van der Waals surface area contributed by atoms with E-state index in [0.717, 1.165) is 0 Å². The molecule has 1 aliphatic heterocycles. The third-order valence-electron chi connectivity index (χ3n) is 2.46. The van der Waals surface area contributed by atoms with Crippen molar-refractivity contribution in [3.05, 3.63) is 0 Å².